The number of aromatic nitrogens is 3. The lowest BCUT2D eigenvalue weighted by Crippen LogP contribution is -2.54. The van der Waals surface area contributed by atoms with Gasteiger partial charge in [-0.3, -0.25) is 0 Å². The Morgan fingerprint density at radius 3 is 2.14 bits per heavy atom. The minimum Gasteiger partial charge on any atom is -0.245 e. The van der Waals surface area contributed by atoms with E-state index in [1.165, 1.54) is 30.3 Å². The van der Waals surface area contributed by atoms with Crippen LogP contribution in [-0.4, -0.2) is 13.9 Å². The van der Waals surface area contributed by atoms with Crippen LogP contribution in [0.2, 0.25) is 0 Å². The first-order valence-electron chi connectivity index (χ1n) is 11.4. The molecule has 3 heterocycles. The predicted octanol–water partition coefficient (Wildman–Crippen LogP) is 3.01. The van der Waals surface area contributed by atoms with Crippen molar-refractivity contribution >= 4 is 0 Å². The average molecular weight is 387 g/mol. The molecule has 0 spiro atoms. The largest absolute Gasteiger partial charge is 0.352 e. The van der Waals surface area contributed by atoms with Crippen molar-refractivity contribution in [1.29, 1.82) is 0 Å². The molecule has 0 N–H and O–H groups in total. The molecule has 5 nitrogen and oxygen atoms in total. The third-order valence-corrected chi connectivity index (χ3v) is 9.53. The van der Waals surface area contributed by atoms with E-state index in [0.717, 1.165) is 35.5 Å². The molecule has 5 fully saturated rings. The summed E-state index contributed by atoms with van der Waals surface area (Å²) in [4.78, 5) is 26.8. The second kappa shape index (κ2) is 4.88. The number of nitrogens with zero attached hydrogens (tertiary/aromatic N) is 3. The van der Waals surface area contributed by atoms with Gasteiger partial charge in [-0.1, -0.05) is 30.4 Å². The van der Waals surface area contributed by atoms with E-state index in [9.17, 15) is 9.59 Å². The Labute approximate surface area is 168 Å². The van der Waals surface area contributed by atoms with Gasteiger partial charge in [0, 0.05) is 0 Å². The summed E-state index contributed by atoms with van der Waals surface area (Å²) in [6.07, 6.45) is 9.88. The van der Waals surface area contributed by atoms with Crippen molar-refractivity contribution in [3.05, 3.63) is 63.5 Å². The highest BCUT2D eigenvalue weighted by Crippen LogP contribution is 2.79. The molecule has 148 valence electrons. The maximum absolute atomic E-state index is 13.4. The van der Waals surface area contributed by atoms with Crippen molar-refractivity contribution in [2.75, 3.05) is 0 Å². The van der Waals surface area contributed by atoms with Crippen LogP contribution in [0.25, 0.3) is 5.69 Å². The maximum Gasteiger partial charge on any atom is 0.352 e. The van der Waals surface area contributed by atoms with Crippen molar-refractivity contribution in [3.8, 4) is 5.69 Å². The van der Waals surface area contributed by atoms with Crippen LogP contribution >= 0.6 is 0 Å². The van der Waals surface area contributed by atoms with Crippen LogP contribution < -0.4 is 11.4 Å². The Hall–Kier alpha value is -2.30. The molecule has 0 radical (unpaired) electrons. The molecule has 2 aliphatic heterocycles. The van der Waals surface area contributed by atoms with Crippen LogP contribution in [0.1, 0.15) is 37.8 Å². The lowest BCUT2D eigenvalue weighted by molar-refractivity contribution is -0.0248. The zero-order valence-corrected chi connectivity index (χ0v) is 16.3. The first-order chi connectivity index (χ1) is 14.2. The Kier molecular flexibility index (Phi) is 2.61. The van der Waals surface area contributed by atoms with E-state index in [1.807, 2.05) is 35.0 Å². The third-order valence-electron chi connectivity index (χ3n) is 9.53. The summed E-state index contributed by atoms with van der Waals surface area (Å²) >= 11 is 0. The van der Waals surface area contributed by atoms with E-state index in [1.54, 1.807) is 4.68 Å². The van der Waals surface area contributed by atoms with Crippen LogP contribution in [-0.2, 0) is 0 Å². The molecular weight excluding hydrogens is 362 g/mol. The van der Waals surface area contributed by atoms with Crippen LogP contribution in [0.5, 0.6) is 0 Å². The van der Waals surface area contributed by atoms with E-state index < -0.39 is 0 Å². The number of rotatable bonds is 1. The highest BCUT2D eigenvalue weighted by Gasteiger charge is 2.74. The molecule has 8 aliphatic rings. The molecule has 1 aromatic carbocycles. The molecule has 0 amide bonds. The Balaban J connectivity index is 1.29. The lowest BCUT2D eigenvalue weighted by Gasteiger charge is -2.54. The second-order valence-electron chi connectivity index (χ2n) is 10.6. The molecule has 2 aromatic rings. The summed E-state index contributed by atoms with van der Waals surface area (Å²) in [5.74, 6) is 6.76. The molecule has 0 unspecified atom stereocenters. The predicted molar refractivity (Wildman–Crippen MR) is 108 cm³/mol. The lowest BCUT2D eigenvalue weighted by atomic mass is 9.56. The van der Waals surface area contributed by atoms with Crippen molar-refractivity contribution in [2.45, 2.75) is 37.8 Å². The molecule has 6 bridgehead atoms. The summed E-state index contributed by atoms with van der Waals surface area (Å²) < 4.78 is 5.00. The molecule has 29 heavy (non-hydrogen) atoms. The SMILES string of the molecule is O=c1n(-c2ccccc2)c(=O)n2n1[C@@H]1C=C[C@@H]2[C@H]2[C@H]3CC4[C@@H]5C(C[C@@H](C3)C[C@@H]21)[C@@H]45. The Morgan fingerprint density at radius 2 is 1.34 bits per heavy atom. The van der Waals surface area contributed by atoms with Gasteiger partial charge in [0.05, 0.1) is 17.8 Å². The van der Waals surface area contributed by atoms with E-state index in [4.69, 9.17) is 0 Å². The smallest absolute Gasteiger partial charge is 0.245 e. The third kappa shape index (κ3) is 1.75. The summed E-state index contributed by atoms with van der Waals surface area (Å²) in [5, 5.41) is 0. The number of hydrogen-bond acceptors (Lipinski definition) is 2. The normalized spacial score (nSPS) is 46.9. The first-order valence-corrected chi connectivity index (χ1v) is 11.4. The summed E-state index contributed by atoms with van der Waals surface area (Å²) in [6.45, 7) is 0. The zero-order chi connectivity index (χ0) is 19.0. The number of hydrogen-bond donors (Lipinski definition) is 0. The van der Waals surface area contributed by atoms with Crippen LogP contribution in [0.15, 0.2) is 52.1 Å². The van der Waals surface area contributed by atoms with Gasteiger partial charge in [-0.05, 0) is 85.2 Å². The van der Waals surface area contributed by atoms with E-state index in [2.05, 4.69) is 12.2 Å². The molecule has 10 rings (SSSR count). The van der Waals surface area contributed by atoms with Crippen molar-refractivity contribution in [2.24, 2.45) is 47.3 Å². The van der Waals surface area contributed by atoms with Gasteiger partial charge >= 0.3 is 11.4 Å². The van der Waals surface area contributed by atoms with E-state index in [-0.39, 0.29) is 23.5 Å². The summed E-state index contributed by atoms with van der Waals surface area (Å²) in [7, 11) is 0. The fourth-order valence-electron chi connectivity index (χ4n) is 8.44. The molecule has 0 saturated heterocycles. The minimum absolute atomic E-state index is 0.0450. The molecule has 5 saturated carbocycles. The highest BCUT2D eigenvalue weighted by atomic mass is 16.2. The second-order valence-corrected chi connectivity index (χ2v) is 10.6. The molecule has 1 aromatic heterocycles. The number of allylic oxidation sites excluding steroid dienone is 2. The molecule has 6 aliphatic carbocycles. The number of para-hydroxylation sites is 1. The van der Waals surface area contributed by atoms with Crippen molar-refractivity contribution in [1.82, 2.24) is 13.9 Å². The van der Waals surface area contributed by atoms with Gasteiger partial charge in [0.2, 0.25) is 0 Å². The monoisotopic (exact) mass is 387 g/mol. The van der Waals surface area contributed by atoms with E-state index in [0.29, 0.717) is 17.5 Å². The fraction of sp³-hybridized carbons (Fsp3) is 0.583. The van der Waals surface area contributed by atoms with Crippen molar-refractivity contribution in [3.63, 3.8) is 0 Å². The van der Waals surface area contributed by atoms with Gasteiger partial charge in [0.1, 0.15) is 0 Å². The van der Waals surface area contributed by atoms with Crippen LogP contribution in [0.4, 0.5) is 0 Å². The van der Waals surface area contributed by atoms with Crippen LogP contribution in [0.3, 0.4) is 0 Å². The van der Waals surface area contributed by atoms with Gasteiger partial charge in [-0.25, -0.2) is 23.5 Å². The van der Waals surface area contributed by atoms with E-state index >= 15 is 0 Å². The van der Waals surface area contributed by atoms with Gasteiger partial charge in [0.15, 0.2) is 0 Å². The Bertz CT molecular complexity index is 1170. The zero-order valence-electron chi connectivity index (χ0n) is 16.3. The molecule has 8 atom stereocenters. The topological polar surface area (TPSA) is 48.9 Å². The fourth-order valence-corrected chi connectivity index (χ4v) is 8.44. The van der Waals surface area contributed by atoms with Gasteiger partial charge in [-0.15, -0.1) is 0 Å². The maximum atomic E-state index is 13.4. The average Bonchev–Trinajstić information content (AvgIpc) is 3.61. The molecule has 5 heteroatoms. The Morgan fingerprint density at radius 1 is 0.690 bits per heavy atom. The molecular formula is C24H25N3O2. The quantitative estimate of drug-likeness (QED) is 0.707. The van der Waals surface area contributed by atoms with Gasteiger partial charge < -0.3 is 0 Å². The standard InChI is InChI=1S/C24H25N3O2/c28-23-25(14-4-2-1-3-5-14)24(29)27-19-7-6-18(26(23)27)15-9-12-8-13(20(15)19)11-17-21-16(10-12)22(17)21/h1-7,12-13,15-22H,8-11H2/t12-,13+,15+,16?,17?,18+,19+,20-,21-,22-/m0/s1. The minimum atomic E-state index is -0.169. The van der Waals surface area contributed by atoms with Gasteiger partial charge in [-0.2, -0.15) is 0 Å². The van der Waals surface area contributed by atoms with Crippen molar-refractivity contribution < 1.29 is 0 Å². The van der Waals surface area contributed by atoms with Crippen LogP contribution in [0, 0.1) is 47.3 Å². The van der Waals surface area contributed by atoms with Gasteiger partial charge in [0.25, 0.3) is 0 Å². The highest BCUT2D eigenvalue weighted by molar-refractivity contribution is 5.31. The first kappa shape index (κ1) is 15.5. The summed E-state index contributed by atoms with van der Waals surface area (Å²) in [6, 6.07) is 9.50. The summed E-state index contributed by atoms with van der Waals surface area (Å²) in [5.41, 5.74) is 0.342. The number of benzene rings is 1.